The van der Waals surface area contributed by atoms with Gasteiger partial charge < -0.3 is 20.5 Å². The highest BCUT2D eigenvalue weighted by Crippen LogP contribution is 2.31. The van der Waals surface area contributed by atoms with Crippen molar-refractivity contribution in [3.63, 3.8) is 0 Å². The minimum atomic E-state index is -0.970. The Bertz CT molecular complexity index is 1690. The van der Waals surface area contributed by atoms with Crippen LogP contribution in [0.4, 0.5) is 13.2 Å². The summed E-state index contributed by atoms with van der Waals surface area (Å²) in [6.07, 6.45) is 1.38. The van der Waals surface area contributed by atoms with E-state index < -0.39 is 41.3 Å². The third-order valence-corrected chi connectivity index (χ3v) is 6.73. The zero-order chi connectivity index (χ0) is 30.0. The SMILES string of the molecule is COC(=O)c1nn(CC(=O)NC(Cc2cc(F)cc(F)c2)c2ncccc2-c2ccc(F)c(C(N)=O)c2)c2c1COC2. The van der Waals surface area contributed by atoms with Gasteiger partial charge in [-0.05, 0) is 47.9 Å². The van der Waals surface area contributed by atoms with E-state index in [1.54, 1.807) is 12.1 Å². The number of hydrogen-bond acceptors (Lipinski definition) is 7. The predicted molar refractivity (Wildman–Crippen MR) is 141 cm³/mol. The minimum absolute atomic E-state index is 0.0400. The lowest BCUT2D eigenvalue weighted by molar-refractivity contribution is -0.122. The maximum absolute atomic E-state index is 14.2. The fourth-order valence-electron chi connectivity index (χ4n) is 4.87. The molecule has 4 aromatic rings. The lowest BCUT2D eigenvalue weighted by Crippen LogP contribution is -2.34. The number of nitrogens with two attached hydrogens (primary N) is 1. The number of ether oxygens (including phenoxy) is 2. The number of amides is 2. The number of carbonyl (C=O) groups is 3. The fourth-order valence-corrected chi connectivity index (χ4v) is 4.87. The molecule has 10 nitrogen and oxygen atoms in total. The van der Waals surface area contributed by atoms with Crippen molar-refractivity contribution in [3.8, 4) is 11.1 Å². The van der Waals surface area contributed by atoms with E-state index in [1.807, 2.05) is 0 Å². The van der Waals surface area contributed by atoms with Gasteiger partial charge in [0.2, 0.25) is 5.91 Å². The molecular weight excluding hydrogens is 555 g/mol. The van der Waals surface area contributed by atoms with Gasteiger partial charge in [0.15, 0.2) is 5.69 Å². The third kappa shape index (κ3) is 5.86. The van der Waals surface area contributed by atoms with Gasteiger partial charge in [-0.25, -0.2) is 18.0 Å². The molecule has 0 radical (unpaired) electrons. The van der Waals surface area contributed by atoms with E-state index in [-0.39, 0.29) is 48.7 Å². The Hall–Kier alpha value is -5.04. The molecule has 0 fully saturated rings. The second kappa shape index (κ2) is 11.8. The lowest BCUT2D eigenvalue weighted by Gasteiger charge is -2.22. The van der Waals surface area contributed by atoms with Crippen molar-refractivity contribution >= 4 is 17.8 Å². The quantitative estimate of drug-likeness (QED) is 0.290. The average molecular weight is 580 g/mol. The Morgan fingerprint density at radius 3 is 2.57 bits per heavy atom. The predicted octanol–water partition coefficient (Wildman–Crippen LogP) is 3.38. The number of esters is 1. The number of rotatable bonds is 9. The normalized spacial score (nSPS) is 13.0. The maximum Gasteiger partial charge on any atom is 0.358 e. The Morgan fingerprint density at radius 2 is 1.86 bits per heavy atom. The van der Waals surface area contributed by atoms with Crippen molar-refractivity contribution in [2.45, 2.75) is 32.2 Å². The molecule has 13 heteroatoms. The number of hydrogen-bond donors (Lipinski definition) is 2. The standard InChI is InChI=1S/C29H24F3N5O5/c1-41-29(40)27-21-13-42-14-24(21)37(36-27)12-25(38)35-23(9-15-7-17(30)11-18(31)8-15)26-19(3-2-6-34-26)16-4-5-22(32)20(10-16)28(33)39/h2-8,10-11,23H,9,12-14H2,1H3,(H2,33,39)(H,35,38). The summed E-state index contributed by atoms with van der Waals surface area (Å²) in [4.78, 5) is 41.8. The van der Waals surface area contributed by atoms with Crippen LogP contribution >= 0.6 is 0 Å². The molecule has 1 aliphatic heterocycles. The highest BCUT2D eigenvalue weighted by atomic mass is 19.1. The summed E-state index contributed by atoms with van der Waals surface area (Å²) in [6.45, 7) is -0.0472. The molecule has 1 atom stereocenters. The molecule has 2 aromatic heterocycles. The number of primary amides is 1. The first-order chi connectivity index (χ1) is 20.1. The van der Waals surface area contributed by atoms with Gasteiger partial charge in [0.1, 0.15) is 24.0 Å². The van der Waals surface area contributed by atoms with Crippen molar-refractivity contribution in [3.05, 3.63) is 106 Å². The maximum atomic E-state index is 14.2. The van der Waals surface area contributed by atoms with Gasteiger partial charge in [-0.1, -0.05) is 12.1 Å². The van der Waals surface area contributed by atoms with Crippen LogP contribution in [0.5, 0.6) is 0 Å². The van der Waals surface area contributed by atoms with E-state index in [1.165, 1.54) is 30.1 Å². The minimum Gasteiger partial charge on any atom is -0.464 e. The number of carbonyl (C=O) groups excluding carboxylic acids is 3. The molecule has 1 aliphatic rings. The van der Waals surface area contributed by atoms with Gasteiger partial charge in [0.25, 0.3) is 5.91 Å². The monoisotopic (exact) mass is 579 g/mol. The van der Waals surface area contributed by atoms with E-state index in [9.17, 15) is 27.6 Å². The van der Waals surface area contributed by atoms with Gasteiger partial charge in [0, 0.05) is 23.4 Å². The van der Waals surface area contributed by atoms with Crippen LogP contribution < -0.4 is 11.1 Å². The van der Waals surface area contributed by atoms with Crippen LogP contribution in [0.3, 0.4) is 0 Å². The van der Waals surface area contributed by atoms with Crippen LogP contribution in [0.15, 0.2) is 54.7 Å². The Labute approximate surface area is 237 Å². The Balaban J connectivity index is 1.52. The molecule has 0 saturated carbocycles. The smallest absolute Gasteiger partial charge is 0.358 e. The summed E-state index contributed by atoms with van der Waals surface area (Å²) in [7, 11) is 1.22. The van der Waals surface area contributed by atoms with Crippen LogP contribution in [0.2, 0.25) is 0 Å². The number of methoxy groups -OCH3 is 1. The van der Waals surface area contributed by atoms with Crippen molar-refractivity contribution < 1.29 is 37.0 Å². The number of aromatic nitrogens is 3. The molecular formula is C29H24F3N5O5. The second-order valence-electron chi connectivity index (χ2n) is 9.51. The number of benzene rings is 2. The summed E-state index contributed by atoms with van der Waals surface area (Å²) in [5.74, 6) is -4.61. The molecule has 0 aliphatic carbocycles. The van der Waals surface area contributed by atoms with E-state index in [0.29, 0.717) is 22.4 Å². The van der Waals surface area contributed by atoms with E-state index in [2.05, 4.69) is 15.4 Å². The molecule has 2 amide bonds. The molecule has 1 unspecified atom stereocenters. The summed E-state index contributed by atoms with van der Waals surface area (Å²) < 4.78 is 53.9. The van der Waals surface area contributed by atoms with Gasteiger partial charge in [-0.15, -0.1) is 0 Å². The van der Waals surface area contributed by atoms with Crippen LogP contribution in [-0.4, -0.2) is 39.7 Å². The number of fused-ring (bicyclic) bond motifs is 1. The van der Waals surface area contributed by atoms with Gasteiger partial charge in [-0.2, -0.15) is 5.10 Å². The van der Waals surface area contributed by atoms with E-state index >= 15 is 0 Å². The third-order valence-electron chi connectivity index (χ3n) is 6.73. The number of nitrogens with one attached hydrogen (secondary N) is 1. The van der Waals surface area contributed by atoms with Crippen molar-refractivity contribution in [1.29, 1.82) is 0 Å². The highest BCUT2D eigenvalue weighted by molar-refractivity contribution is 5.94. The molecule has 0 bridgehead atoms. The first-order valence-corrected chi connectivity index (χ1v) is 12.7. The highest BCUT2D eigenvalue weighted by Gasteiger charge is 2.29. The molecule has 3 heterocycles. The topological polar surface area (TPSA) is 138 Å². The Kier molecular flexibility index (Phi) is 8.02. The Morgan fingerprint density at radius 1 is 1.10 bits per heavy atom. The zero-order valence-electron chi connectivity index (χ0n) is 22.2. The van der Waals surface area contributed by atoms with Gasteiger partial charge >= 0.3 is 5.97 Å². The first-order valence-electron chi connectivity index (χ1n) is 12.7. The van der Waals surface area contributed by atoms with Crippen molar-refractivity contribution in [2.24, 2.45) is 5.73 Å². The first kappa shape index (κ1) is 28.5. The lowest BCUT2D eigenvalue weighted by atomic mass is 9.94. The summed E-state index contributed by atoms with van der Waals surface area (Å²) >= 11 is 0. The van der Waals surface area contributed by atoms with Gasteiger partial charge in [0.05, 0.1) is 43.3 Å². The molecule has 5 rings (SSSR count). The average Bonchev–Trinajstić information content (AvgIpc) is 3.56. The van der Waals surface area contributed by atoms with Gasteiger partial charge in [-0.3, -0.25) is 19.3 Å². The van der Waals surface area contributed by atoms with Crippen LogP contribution in [0.1, 0.15) is 49.4 Å². The van der Waals surface area contributed by atoms with Crippen molar-refractivity contribution in [2.75, 3.05) is 7.11 Å². The van der Waals surface area contributed by atoms with Crippen LogP contribution in [0.25, 0.3) is 11.1 Å². The summed E-state index contributed by atoms with van der Waals surface area (Å²) in [5, 5.41) is 7.08. The fraction of sp³-hybridized carbons (Fsp3) is 0.207. The molecule has 42 heavy (non-hydrogen) atoms. The largest absolute Gasteiger partial charge is 0.464 e. The zero-order valence-corrected chi connectivity index (χ0v) is 22.2. The second-order valence-corrected chi connectivity index (χ2v) is 9.51. The number of pyridine rings is 1. The molecule has 216 valence electrons. The number of halogens is 3. The molecule has 2 aromatic carbocycles. The molecule has 0 saturated heterocycles. The van der Waals surface area contributed by atoms with Crippen LogP contribution in [0, 0.1) is 17.5 Å². The van der Waals surface area contributed by atoms with E-state index in [4.69, 9.17) is 15.2 Å². The summed E-state index contributed by atoms with van der Waals surface area (Å²) in [5.41, 5.74) is 7.40. The number of nitrogens with zero attached hydrogens (tertiary/aromatic N) is 3. The summed E-state index contributed by atoms with van der Waals surface area (Å²) in [6, 6.07) is 9.07. The van der Waals surface area contributed by atoms with Crippen LogP contribution in [-0.2, 0) is 40.4 Å². The molecule has 0 spiro atoms. The van der Waals surface area contributed by atoms with E-state index in [0.717, 1.165) is 24.3 Å². The van der Waals surface area contributed by atoms with Crippen molar-refractivity contribution in [1.82, 2.24) is 20.1 Å². The molecule has 3 N–H and O–H groups in total.